The fourth-order valence-corrected chi connectivity index (χ4v) is 2.35. The van der Waals surface area contributed by atoms with E-state index in [1.165, 1.54) is 19.4 Å². The van der Waals surface area contributed by atoms with Crippen LogP contribution in [0.3, 0.4) is 0 Å². The lowest BCUT2D eigenvalue weighted by molar-refractivity contribution is -0.122. The van der Waals surface area contributed by atoms with Crippen LogP contribution in [0.5, 0.6) is 0 Å². The second-order valence-corrected chi connectivity index (χ2v) is 5.81. The Kier molecular flexibility index (Phi) is 4.40. The van der Waals surface area contributed by atoms with Crippen LogP contribution >= 0.6 is 0 Å². The number of carbonyl (C=O) groups excluding carboxylic acids is 1. The Morgan fingerprint density at radius 1 is 1.18 bits per heavy atom. The van der Waals surface area contributed by atoms with Crippen molar-refractivity contribution in [2.75, 3.05) is 39.3 Å². The smallest absolute Gasteiger partial charge is 0.234 e. The van der Waals surface area contributed by atoms with Gasteiger partial charge < -0.3 is 10.2 Å². The van der Waals surface area contributed by atoms with Crippen molar-refractivity contribution in [3.63, 3.8) is 0 Å². The first-order chi connectivity index (χ1) is 8.13. The van der Waals surface area contributed by atoms with Gasteiger partial charge in [0, 0.05) is 38.8 Å². The molecule has 1 amide bonds. The number of piperazine rings is 1. The van der Waals surface area contributed by atoms with E-state index in [0.717, 1.165) is 32.1 Å². The normalized spacial score (nSPS) is 23.0. The van der Waals surface area contributed by atoms with Crippen molar-refractivity contribution in [2.24, 2.45) is 5.92 Å². The van der Waals surface area contributed by atoms with E-state index in [4.69, 9.17) is 0 Å². The van der Waals surface area contributed by atoms with Crippen LogP contribution in [0.15, 0.2) is 0 Å². The molecule has 2 rings (SSSR count). The molecule has 98 valence electrons. The maximum Gasteiger partial charge on any atom is 0.234 e. The minimum Gasteiger partial charge on any atom is -0.352 e. The molecule has 0 aromatic rings. The molecule has 1 heterocycles. The monoisotopic (exact) mass is 239 g/mol. The van der Waals surface area contributed by atoms with Gasteiger partial charge in [0.2, 0.25) is 5.91 Å². The van der Waals surface area contributed by atoms with Gasteiger partial charge in [-0.2, -0.15) is 0 Å². The lowest BCUT2D eigenvalue weighted by Gasteiger charge is -2.35. The highest BCUT2D eigenvalue weighted by Gasteiger charge is 2.25. The second-order valence-electron chi connectivity index (χ2n) is 5.81. The number of amides is 1. The average Bonchev–Trinajstić information content (AvgIpc) is 3.04. The molecule has 1 aliphatic carbocycles. The molecule has 4 nitrogen and oxygen atoms in total. The van der Waals surface area contributed by atoms with E-state index >= 15 is 0 Å². The van der Waals surface area contributed by atoms with Gasteiger partial charge in [-0.05, 0) is 18.8 Å². The first-order valence-corrected chi connectivity index (χ1v) is 6.87. The zero-order valence-electron chi connectivity index (χ0n) is 11.1. The zero-order chi connectivity index (χ0) is 12.3. The van der Waals surface area contributed by atoms with E-state index in [9.17, 15) is 4.79 Å². The topological polar surface area (TPSA) is 35.6 Å². The van der Waals surface area contributed by atoms with E-state index in [2.05, 4.69) is 29.0 Å². The van der Waals surface area contributed by atoms with E-state index in [1.807, 2.05) is 0 Å². The molecule has 1 saturated heterocycles. The van der Waals surface area contributed by atoms with Gasteiger partial charge in [-0.15, -0.1) is 0 Å². The Hall–Kier alpha value is -0.610. The summed E-state index contributed by atoms with van der Waals surface area (Å²) in [5.41, 5.74) is 0. The lowest BCUT2D eigenvalue weighted by Crippen LogP contribution is -2.50. The molecule has 0 unspecified atom stereocenters. The summed E-state index contributed by atoms with van der Waals surface area (Å²) in [5.74, 6) is 0.949. The molecular formula is C13H25N3O. The Bertz CT molecular complexity index is 255. The second kappa shape index (κ2) is 5.83. The minimum absolute atomic E-state index is 0.213. The number of hydrogen-bond acceptors (Lipinski definition) is 3. The van der Waals surface area contributed by atoms with Crippen LogP contribution in [-0.2, 0) is 4.79 Å². The average molecular weight is 239 g/mol. The van der Waals surface area contributed by atoms with Gasteiger partial charge in [-0.1, -0.05) is 13.8 Å². The standard InChI is InChI=1S/C13H25N3O/c1-11(2)9-15-5-7-16(8-6-15)10-13(17)14-12-3-4-12/h11-12H,3-10H2,1-2H3,(H,14,17). The third kappa shape index (κ3) is 4.64. The van der Waals surface area contributed by atoms with E-state index in [1.54, 1.807) is 0 Å². The summed E-state index contributed by atoms with van der Waals surface area (Å²) in [5, 5.41) is 3.05. The summed E-state index contributed by atoms with van der Waals surface area (Å²) < 4.78 is 0. The Morgan fingerprint density at radius 3 is 2.29 bits per heavy atom. The summed E-state index contributed by atoms with van der Waals surface area (Å²) in [4.78, 5) is 16.4. The van der Waals surface area contributed by atoms with E-state index in [0.29, 0.717) is 12.6 Å². The minimum atomic E-state index is 0.213. The number of nitrogens with zero attached hydrogens (tertiary/aromatic N) is 2. The van der Waals surface area contributed by atoms with Crippen molar-refractivity contribution in [3.05, 3.63) is 0 Å². The predicted molar refractivity (Wildman–Crippen MR) is 68.9 cm³/mol. The fraction of sp³-hybridized carbons (Fsp3) is 0.923. The number of nitrogens with one attached hydrogen (secondary N) is 1. The lowest BCUT2D eigenvalue weighted by atomic mass is 10.2. The molecule has 4 heteroatoms. The summed E-state index contributed by atoms with van der Waals surface area (Å²) in [6.07, 6.45) is 2.35. The maximum absolute atomic E-state index is 11.7. The van der Waals surface area contributed by atoms with E-state index in [-0.39, 0.29) is 5.91 Å². The van der Waals surface area contributed by atoms with Crippen LogP contribution in [0.2, 0.25) is 0 Å². The number of carbonyl (C=O) groups is 1. The van der Waals surface area contributed by atoms with Crippen molar-refractivity contribution >= 4 is 5.91 Å². The number of hydrogen-bond donors (Lipinski definition) is 1. The highest BCUT2D eigenvalue weighted by molar-refractivity contribution is 5.78. The third-order valence-corrected chi connectivity index (χ3v) is 3.40. The molecule has 2 aliphatic rings. The molecule has 0 aromatic heterocycles. The Morgan fingerprint density at radius 2 is 1.76 bits per heavy atom. The van der Waals surface area contributed by atoms with Gasteiger partial charge >= 0.3 is 0 Å². The predicted octanol–water partition coefficient (Wildman–Crippen LogP) is 0.539. The summed E-state index contributed by atoms with van der Waals surface area (Å²) in [6, 6.07) is 0.490. The first-order valence-electron chi connectivity index (χ1n) is 6.87. The molecule has 0 radical (unpaired) electrons. The largest absolute Gasteiger partial charge is 0.352 e. The van der Waals surface area contributed by atoms with Crippen LogP contribution in [-0.4, -0.2) is 61.0 Å². The first kappa shape index (κ1) is 12.8. The van der Waals surface area contributed by atoms with E-state index < -0.39 is 0 Å². The van der Waals surface area contributed by atoms with Gasteiger partial charge in [0.05, 0.1) is 6.54 Å². The zero-order valence-corrected chi connectivity index (χ0v) is 11.1. The van der Waals surface area contributed by atoms with Crippen molar-refractivity contribution in [3.8, 4) is 0 Å². The molecule has 2 fully saturated rings. The number of rotatable bonds is 5. The highest BCUT2D eigenvalue weighted by atomic mass is 16.2. The molecule has 1 saturated carbocycles. The molecule has 17 heavy (non-hydrogen) atoms. The van der Waals surface area contributed by atoms with Gasteiger partial charge in [-0.3, -0.25) is 9.69 Å². The Balaban J connectivity index is 1.62. The molecule has 1 aliphatic heterocycles. The van der Waals surface area contributed by atoms with Gasteiger partial charge in [-0.25, -0.2) is 0 Å². The van der Waals surface area contributed by atoms with Crippen LogP contribution in [0.25, 0.3) is 0 Å². The molecule has 0 atom stereocenters. The Labute approximate surface area is 104 Å². The SMILES string of the molecule is CC(C)CN1CCN(CC(=O)NC2CC2)CC1. The summed E-state index contributed by atoms with van der Waals surface area (Å²) >= 11 is 0. The fourth-order valence-electron chi connectivity index (χ4n) is 2.35. The van der Waals surface area contributed by atoms with Crippen molar-refractivity contribution in [2.45, 2.75) is 32.7 Å². The van der Waals surface area contributed by atoms with Crippen molar-refractivity contribution in [1.82, 2.24) is 15.1 Å². The molecule has 0 aromatic carbocycles. The highest BCUT2D eigenvalue weighted by Crippen LogP contribution is 2.18. The van der Waals surface area contributed by atoms with Crippen LogP contribution in [0, 0.1) is 5.92 Å². The quantitative estimate of drug-likeness (QED) is 0.760. The van der Waals surface area contributed by atoms with Crippen LogP contribution < -0.4 is 5.32 Å². The third-order valence-electron chi connectivity index (χ3n) is 3.40. The summed E-state index contributed by atoms with van der Waals surface area (Å²) in [6.45, 7) is 10.6. The summed E-state index contributed by atoms with van der Waals surface area (Å²) in [7, 11) is 0. The van der Waals surface area contributed by atoms with Crippen LogP contribution in [0.4, 0.5) is 0 Å². The van der Waals surface area contributed by atoms with Gasteiger partial charge in [0.25, 0.3) is 0 Å². The molecule has 0 bridgehead atoms. The van der Waals surface area contributed by atoms with Gasteiger partial charge in [0.15, 0.2) is 0 Å². The van der Waals surface area contributed by atoms with Crippen molar-refractivity contribution < 1.29 is 4.79 Å². The molecule has 1 N–H and O–H groups in total. The molecular weight excluding hydrogens is 214 g/mol. The van der Waals surface area contributed by atoms with Crippen molar-refractivity contribution in [1.29, 1.82) is 0 Å². The maximum atomic E-state index is 11.7. The van der Waals surface area contributed by atoms with Gasteiger partial charge in [0.1, 0.15) is 0 Å². The molecule has 0 spiro atoms. The van der Waals surface area contributed by atoms with Crippen LogP contribution in [0.1, 0.15) is 26.7 Å².